The summed E-state index contributed by atoms with van der Waals surface area (Å²) < 4.78 is 10.6. The van der Waals surface area contributed by atoms with Crippen LogP contribution >= 0.6 is 0 Å². The fourth-order valence-corrected chi connectivity index (χ4v) is 2.42. The number of allylic oxidation sites excluding steroid dienone is 1. The molecule has 1 N–H and O–H groups in total. The first-order valence-corrected chi connectivity index (χ1v) is 7.78. The number of carboxylic acid groups (broad SMARTS) is 1. The quantitative estimate of drug-likeness (QED) is 0.509. The summed E-state index contributed by atoms with van der Waals surface area (Å²) >= 11 is 0. The van der Waals surface area contributed by atoms with Crippen LogP contribution < -0.4 is 9.47 Å². The largest absolute Gasteiger partial charge is 0.497 e. The molecule has 0 aliphatic rings. The lowest BCUT2D eigenvalue weighted by atomic mass is 9.97. The third kappa shape index (κ3) is 5.80. The summed E-state index contributed by atoms with van der Waals surface area (Å²) in [6, 6.07) is 5.46. The van der Waals surface area contributed by atoms with Gasteiger partial charge >= 0.3 is 5.97 Å². The van der Waals surface area contributed by atoms with Gasteiger partial charge in [-0.3, -0.25) is 0 Å². The Kier molecular flexibility index (Phi) is 8.11. The van der Waals surface area contributed by atoms with Crippen LogP contribution in [0.4, 0.5) is 0 Å². The molecule has 0 aromatic heterocycles. The average Bonchev–Trinajstić information content (AvgIpc) is 2.52. The van der Waals surface area contributed by atoms with E-state index in [9.17, 15) is 4.79 Å². The summed E-state index contributed by atoms with van der Waals surface area (Å²) in [5.74, 6) is 0.403. The second-order valence-corrected chi connectivity index (χ2v) is 5.24. The van der Waals surface area contributed by atoms with E-state index in [0.29, 0.717) is 11.5 Å². The lowest BCUT2D eigenvalue weighted by Crippen LogP contribution is -1.97. The normalized spacial score (nSPS) is 11.3. The van der Waals surface area contributed by atoms with Crippen LogP contribution in [0.2, 0.25) is 0 Å². The zero-order valence-corrected chi connectivity index (χ0v) is 13.7. The van der Waals surface area contributed by atoms with Gasteiger partial charge < -0.3 is 14.6 Å². The van der Waals surface area contributed by atoms with E-state index in [-0.39, 0.29) is 0 Å². The highest BCUT2D eigenvalue weighted by Gasteiger charge is 2.11. The Balaban J connectivity index is 2.90. The molecule has 4 nitrogen and oxygen atoms in total. The van der Waals surface area contributed by atoms with Gasteiger partial charge in [-0.2, -0.15) is 0 Å². The van der Waals surface area contributed by atoms with E-state index in [2.05, 4.69) is 6.92 Å². The van der Waals surface area contributed by atoms with Gasteiger partial charge in [-0.05, 0) is 30.5 Å². The van der Waals surface area contributed by atoms with Crippen LogP contribution in [0.15, 0.2) is 24.3 Å². The maximum absolute atomic E-state index is 11.1. The van der Waals surface area contributed by atoms with Gasteiger partial charge in [0.15, 0.2) is 0 Å². The summed E-state index contributed by atoms with van der Waals surface area (Å²) in [7, 11) is 3.17. The second-order valence-electron chi connectivity index (χ2n) is 5.24. The van der Waals surface area contributed by atoms with Gasteiger partial charge in [-0.15, -0.1) is 0 Å². The zero-order chi connectivity index (χ0) is 16.4. The third-order valence-electron chi connectivity index (χ3n) is 3.60. The van der Waals surface area contributed by atoms with Gasteiger partial charge in [0.1, 0.15) is 11.5 Å². The first-order valence-electron chi connectivity index (χ1n) is 7.78. The molecule has 1 rings (SSSR count). The maximum atomic E-state index is 11.1. The van der Waals surface area contributed by atoms with Crippen molar-refractivity contribution in [1.82, 2.24) is 0 Å². The Hall–Kier alpha value is -1.97. The van der Waals surface area contributed by atoms with Gasteiger partial charge in [0.25, 0.3) is 0 Å². The molecular weight excluding hydrogens is 280 g/mol. The first kappa shape index (κ1) is 18.1. The van der Waals surface area contributed by atoms with E-state index in [1.807, 2.05) is 12.1 Å². The number of rotatable bonds is 10. The molecule has 1 aromatic rings. The number of carboxylic acids is 1. The van der Waals surface area contributed by atoms with Crippen molar-refractivity contribution in [3.63, 3.8) is 0 Å². The van der Waals surface area contributed by atoms with Crippen LogP contribution in [0, 0.1) is 0 Å². The fourth-order valence-electron chi connectivity index (χ4n) is 2.42. The predicted molar refractivity (Wildman–Crippen MR) is 88.5 cm³/mol. The molecule has 0 aliphatic carbocycles. The van der Waals surface area contributed by atoms with Gasteiger partial charge in [-0.1, -0.05) is 32.6 Å². The molecule has 1 aromatic carbocycles. The number of hydrogen-bond acceptors (Lipinski definition) is 3. The number of carbonyl (C=O) groups is 1. The van der Waals surface area contributed by atoms with Gasteiger partial charge in [0, 0.05) is 17.7 Å². The summed E-state index contributed by atoms with van der Waals surface area (Å²) in [5, 5.41) is 9.11. The topological polar surface area (TPSA) is 55.8 Å². The van der Waals surface area contributed by atoms with Crippen LogP contribution in [-0.4, -0.2) is 25.3 Å². The molecule has 0 fully saturated rings. The number of hydrogen-bond donors (Lipinski definition) is 1. The molecule has 0 saturated carbocycles. The Morgan fingerprint density at radius 1 is 1.14 bits per heavy atom. The average molecular weight is 306 g/mol. The zero-order valence-electron chi connectivity index (χ0n) is 13.7. The van der Waals surface area contributed by atoms with E-state index >= 15 is 0 Å². The molecule has 0 amide bonds. The standard InChI is InChI=1S/C18H26O4/c1-4-5-6-7-8-9-14(12-18(19)20)16-11-10-15(21-2)13-17(16)22-3/h10-13H,4-9H2,1-3H3,(H,19,20)/b14-12-. The van der Waals surface area contributed by atoms with E-state index in [4.69, 9.17) is 14.6 Å². The van der Waals surface area contributed by atoms with Crippen LogP contribution in [-0.2, 0) is 4.79 Å². The molecule has 0 unspecified atom stereocenters. The van der Waals surface area contributed by atoms with Gasteiger partial charge in [-0.25, -0.2) is 4.79 Å². The molecule has 4 heteroatoms. The third-order valence-corrected chi connectivity index (χ3v) is 3.60. The number of ether oxygens (including phenoxy) is 2. The molecule has 22 heavy (non-hydrogen) atoms. The fraction of sp³-hybridized carbons (Fsp3) is 0.500. The Morgan fingerprint density at radius 3 is 2.45 bits per heavy atom. The van der Waals surface area contributed by atoms with Crippen LogP contribution in [0.5, 0.6) is 11.5 Å². The minimum atomic E-state index is -0.929. The number of aliphatic carboxylic acids is 1. The summed E-state index contributed by atoms with van der Waals surface area (Å²) in [4.78, 5) is 11.1. The molecule has 0 aliphatic heterocycles. The van der Waals surface area contributed by atoms with Crippen molar-refractivity contribution in [1.29, 1.82) is 0 Å². The number of methoxy groups -OCH3 is 2. The predicted octanol–water partition coefficient (Wildman–Crippen LogP) is 4.53. The highest BCUT2D eigenvalue weighted by Crippen LogP contribution is 2.32. The maximum Gasteiger partial charge on any atom is 0.328 e. The summed E-state index contributed by atoms with van der Waals surface area (Å²) in [5.41, 5.74) is 1.62. The Bertz CT molecular complexity index is 506. The summed E-state index contributed by atoms with van der Waals surface area (Å²) in [6.07, 6.45) is 7.73. The van der Waals surface area contributed by atoms with Gasteiger partial charge in [0.2, 0.25) is 0 Å². The van der Waals surface area contributed by atoms with Crippen molar-refractivity contribution in [2.75, 3.05) is 14.2 Å². The minimum Gasteiger partial charge on any atom is -0.497 e. The smallest absolute Gasteiger partial charge is 0.328 e. The van der Waals surface area contributed by atoms with Crippen molar-refractivity contribution in [3.8, 4) is 11.5 Å². The van der Waals surface area contributed by atoms with E-state index in [1.54, 1.807) is 20.3 Å². The number of benzene rings is 1. The first-order chi connectivity index (χ1) is 10.6. The molecule has 0 radical (unpaired) electrons. The van der Waals surface area contributed by atoms with Crippen LogP contribution in [0.3, 0.4) is 0 Å². The summed E-state index contributed by atoms with van der Waals surface area (Å²) in [6.45, 7) is 2.18. The van der Waals surface area contributed by atoms with Crippen molar-refractivity contribution < 1.29 is 19.4 Å². The minimum absolute atomic E-state index is 0.639. The molecule has 0 bridgehead atoms. The molecule has 0 heterocycles. The monoisotopic (exact) mass is 306 g/mol. The van der Waals surface area contributed by atoms with E-state index in [0.717, 1.165) is 30.4 Å². The lowest BCUT2D eigenvalue weighted by molar-refractivity contribution is -0.131. The lowest BCUT2D eigenvalue weighted by Gasteiger charge is -2.13. The number of unbranched alkanes of at least 4 members (excludes halogenated alkanes) is 4. The highest BCUT2D eigenvalue weighted by atomic mass is 16.5. The molecular formula is C18H26O4. The van der Waals surface area contributed by atoms with Crippen molar-refractivity contribution in [3.05, 3.63) is 29.8 Å². The van der Waals surface area contributed by atoms with Crippen molar-refractivity contribution in [2.24, 2.45) is 0 Å². The Morgan fingerprint density at radius 2 is 1.86 bits per heavy atom. The SMILES string of the molecule is CCCCCCC/C(=C/C(=O)O)c1ccc(OC)cc1OC. The highest BCUT2D eigenvalue weighted by molar-refractivity contribution is 5.91. The molecule has 0 saturated heterocycles. The molecule has 0 atom stereocenters. The van der Waals surface area contributed by atoms with E-state index in [1.165, 1.54) is 25.3 Å². The Labute approximate surface area is 132 Å². The van der Waals surface area contributed by atoms with Crippen molar-refractivity contribution in [2.45, 2.75) is 45.4 Å². The molecule has 0 spiro atoms. The van der Waals surface area contributed by atoms with Crippen LogP contribution in [0.1, 0.15) is 51.0 Å². The van der Waals surface area contributed by atoms with Crippen molar-refractivity contribution >= 4 is 11.5 Å². The van der Waals surface area contributed by atoms with E-state index < -0.39 is 5.97 Å². The van der Waals surface area contributed by atoms with Gasteiger partial charge in [0.05, 0.1) is 14.2 Å². The second kappa shape index (κ2) is 9.87. The molecule has 122 valence electrons. The van der Waals surface area contributed by atoms with Crippen LogP contribution in [0.25, 0.3) is 5.57 Å².